The van der Waals surface area contributed by atoms with E-state index in [1.54, 1.807) is 24.3 Å². The number of ether oxygens (including phenoxy) is 1. The van der Waals surface area contributed by atoms with Gasteiger partial charge in [0.05, 0.1) is 6.42 Å². The molecule has 0 aliphatic rings. The van der Waals surface area contributed by atoms with E-state index in [1.165, 1.54) is 6.92 Å². The number of benzene rings is 2. The second kappa shape index (κ2) is 6.58. The molecule has 0 aliphatic carbocycles. The van der Waals surface area contributed by atoms with E-state index in [-0.39, 0.29) is 18.3 Å². The normalized spacial score (nSPS) is 10.6. The van der Waals surface area contributed by atoms with Crippen LogP contribution in [0, 0.1) is 0 Å². The standard InChI is InChI=1S/C19H18N2O3/c1-13(22)20-15-7-9-16(10-8-15)24-19(23)11-14-12-21(2)18-6-4-3-5-17(14)18/h3-10,12H,11H2,1-2H3,(H,20,22). The van der Waals surface area contributed by atoms with Gasteiger partial charge in [-0.3, -0.25) is 9.59 Å². The van der Waals surface area contributed by atoms with Crippen molar-refractivity contribution in [1.82, 2.24) is 4.57 Å². The molecule has 5 heteroatoms. The summed E-state index contributed by atoms with van der Waals surface area (Å²) >= 11 is 0. The molecule has 1 amide bonds. The van der Waals surface area contributed by atoms with Gasteiger partial charge in [0.2, 0.25) is 5.91 Å². The van der Waals surface area contributed by atoms with Crippen LogP contribution in [0.4, 0.5) is 5.69 Å². The van der Waals surface area contributed by atoms with Crippen molar-refractivity contribution >= 4 is 28.5 Å². The largest absolute Gasteiger partial charge is 0.426 e. The third-order valence-electron chi connectivity index (χ3n) is 3.72. The molecular formula is C19H18N2O3. The number of nitrogens with zero attached hydrogens (tertiary/aromatic N) is 1. The lowest BCUT2D eigenvalue weighted by Crippen LogP contribution is -2.11. The molecular weight excluding hydrogens is 304 g/mol. The van der Waals surface area contributed by atoms with Crippen LogP contribution in [0.1, 0.15) is 12.5 Å². The zero-order valence-electron chi connectivity index (χ0n) is 13.6. The highest BCUT2D eigenvalue weighted by Gasteiger charge is 2.12. The fraction of sp³-hybridized carbons (Fsp3) is 0.158. The van der Waals surface area contributed by atoms with Gasteiger partial charge in [-0.15, -0.1) is 0 Å². The summed E-state index contributed by atoms with van der Waals surface area (Å²) < 4.78 is 7.38. The summed E-state index contributed by atoms with van der Waals surface area (Å²) in [5.41, 5.74) is 2.68. The average Bonchev–Trinajstić information content (AvgIpc) is 2.85. The maximum absolute atomic E-state index is 12.2. The summed E-state index contributed by atoms with van der Waals surface area (Å²) in [5.74, 6) is -0.0105. The van der Waals surface area contributed by atoms with Crippen molar-refractivity contribution in [2.24, 2.45) is 7.05 Å². The van der Waals surface area contributed by atoms with Gasteiger partial charge in [0.1, 0.15) is 5.75 Å². The van der Waals surface area contributed by atoms with E-state index in [2.05, 4.69) is 5.32 Å². The maximum atomic E-state index is 12.2. The first-order valence-electron chi connectivity index (χ1n) is 7.64. The van der Waals surface area contributed by atoms with Crippen LogP contribution < -0.4 is 10.1 Å². The molecule has 0 bridgehead atoms. The molecule has 0 fully saturated rings. The van der Waals surface area contributed by atoms with Crippen LogP contribution >= 0.6 is 0 Å². The Hall–Kier alpha value is -3.08. The van der Waals surface area contributed by atoms with Crippen LogP contribution in [0.15, 0.2) is 54.7 Å². The third-order valence-corrected chi connectivity index (χ3v) is 3.72. The second-order valence-corrected chi connectivity index (χ2v) is 5.64. The van der Waals surface area contributed by atoms with Crippen LogP contribution in [0.25, 0.3) is 10.9 Å². The number of aromatic nitrogens is 1. The first-order chi connectivity index (χ1) is 11.5. The first-order valence-corrected chi connectivity index (χ1v) is 7.64. The zero-order valence-corrected chi connectivity index (χ0v) is 13.6. The summed E-state index contributed by atoms with van der Waals surface area (Å²) in [5, 5.41) is 3.72. The third kappa shape index (κ3) is 3.46. The van der Waals surface area contributed by atoms with Crippen molar-refractivity contribution in [2.75, 3.05) is 5.32 Å². The molecule has 2 aromatic carbocycles. The molecule has 0 unspecified atom stereocenters. The molecule has 1 N–H and O–H groups in total. The summed E-state index contributed by atoms with van der Waals surface area (Å²) in [6, 6.07) is 14.7. The van der Waals surface area contributed by atoms with Gasteiger partial charge in [-0.2, -0.15) is 0 Å². The van der Waals surface area contributed by atoms with Gasteiger partial charge in [0, 0.05) is 36.8 Å². The van der Waals surface area contributed by atoms with E-state index in [0.29, 0.717) is 11.4 Å². The van der Waals surface area contributed by atoms with Crippen molar-refractivity contribution in [3.63, 3.8) is 0 Å². The van der Waals surface area contributed by atoms with Gasteiger partial charge < -0.3 is 14.6 Å². The average molecular weight is 322 g/mol. The number of carbonyl (C=O) groups is 2. The highest BCUT2D eigenvalue weighted by molar-refractivity contribution is 5.89. The van der Waals surface area contributed by atoms with Crippen LogP contribution in [0.5, 0.6) is 5.75 Å². The van der Waals surface area contributed by atoms with Crippen LogP contribution in [0.3, 0.4) is 0 Å². The van der Waals surface area contributed by atoms with Gasteiger partial charge >= 0.3 is 5.97 Å². The highest BCUT2D eigenvalue weighted by atomic mass is 16.5. The Morgan fingerprint density at radius 3 is 2.50 bits per heavy atom. The number of esters is 1. The number of carbonyl (C=O) groups excluding carboxylic acids is 2. The van der Waals surface area contributed by atoms with Crippen LogP contribution in [-0.4, -0.2) is 16.4 Å². The van der Waals surface area contributed by atoms with Gasteiger partial charge in [0.15, 0.2) is 0 Å². The van der Waals surface area contributed by atoms with Crippen molar-refractivity contribution in [2.45, 2.75) is 13.3 Å². The fourth-order valence-electron chi connectivity index (χ4n) is 2.70. The molecule has 24 heavy (non-hydrogen) atoms. The van der Waals surface area contributed by atoms with Crippen molar-refractivity contribution in [1.29, 1.82) is 0 Å². The van der Waals surface area contributed by atoms with E-state index >= 15 is 0 Å². The van der Waals surface area contributed by atoms with E-state index < -0.39 is 0 Å². The fourth-order valence-corrected chi connectivity index (χ4v) is 2.70. The second-order valence-electron chi connectivity index (χ2n) is 5.64. The van der Waals surface area contributed by atoms with Crippen molar-refractivity contribution in [3.05, 3.63) is 60.3 Å². The Morgan fingerprint density at radius 2 is 1.79 bits per heavy atom. The predicted octanol–water partition coefficient (Wildman–Crippen LogP) is 3.28. The summed E-state index contributed by atoms with van der Waals surface area (Å²) in [6.07, 6.45) is 2.15. The number of para-hydroxylation sites is 1. The lowest BCUT2D eigenvalue weighted by Gasteiger charge is -2.06. The zero-order chi connectivity index (χ0) is 17.1. The monoisotopic (exact) mass is 322 g/mol. The smallest absolute Gasteiger partial charge is 0.315 e. The molecule has 0 aliphatic heterocycles. The van der Waals surface area contributed by atoms with Crippen LogP contribution in [0.2, 0.25) is 0 Å². The van der Waals surface area contributed by atoms with E-state index in [0.717, 1.165) is 16.5 Å². The van der Waals surface area contributed by atoms with Gasteiger partial charge in [-0.05, 0) is 35.9 Å². The first kappa shape index (κ1) is 15.8. The Kier molecular flexibility index (Phi) is 4.33. The lowest BCUT2D eigenvalue weighted by molar-refractivity contribution is -0.133. The molecule has 0 saturated heterocycles. The van der Waals surface area contributed by atoms with E-state index in [9.17, 15) is 9.59 Å². The van der Waals surface area contributed by atoms with E-state index in [4.69, 9.17) is 4.74 Å². The SMILES string of the molecule is CC(=O)Nc1ccc(OC(=O)Cc2cn(C)c3ccccc23)cc1. The molecule has 5 nitrogen and oxygen atoms in total. The topological polar surface area (TPSA) is 60.3 Å². The van der Waals surface area contributed by atoms with Gasteiger partial charge in [-0.25, -0.2) is 0 Å². The minimum atomic E-state index is -0.321. The molecule has 0 saturated carbocycles. The molecule has 0 spiro atoms. The molecule has 1 heterocycles. The Balaban J connectivity index is 1.70. The van der Waals surface area contributed by atoms with E-state index in [1.807, 2.05) is 42.1 Å². The number of hydrogen-bond acceptors (Lipinski definition) is 3. The molecule has 1 aromatic heterocycles. The van der Waals surface area contributed by atoms with Crippen LogP contribution in [-0.2, 0) is 23.1 Å². The molecule has 0 atom stereocenters. The Morgan fingerprint density at radius 1 is 1.08 bits per heavy atom. The Labute approximate surface area is 139 Å². The molecule has 3 aromatic rings. The highest BCUT2D eigenvalue weighted by Crippen LogP contribution is 2.22. The number of fused-ring (bicyclic) bond motifs is 1. The van der Waals surface area contributed by atoms with Gasteiger partial charge in [-0.1, -0.05) is 18.2 Å². The number of nitrogens with one attached hydrogen (secondary N) is 1. The van der Waals surface area contributed by atoms with Crippen molar-refractivity contribution in [3.8, 4) is 5.75 Å². The number of aryl methyl sites for hydroxylation is 1. The van der Waals surface area contributed by atoms with Gasteiger partial charge in [0.25, 0.3) is 0 Å². The number of rotatable bonds is 4. The predicted molar refractivity (Wildman–Crippen MR) is 93.0 cm³/mol. The minimum absolute atomic E-state index is 0.143. The van der Waals surface area contributed by atoms with Crippen molar-refractivity contribution < 1.29 is 14.3 Å². The lowest BCUT2D eigenvalue weighted by atomic mass is 10.1. The summed E-state index contributed by atoms with van der Waals surface area (Å²) in [4.78, 5) is 23.2. The molecule has 0 radical (unpaired) electrons. The summed E-state index contributed by atoms with van der Waals surface area (Å²) in [6.45, 7) is 1.44. The molecule has 122 valence electrons. The summed E-state index contributed by atoms with van der Waals surface area (Å²) in [7, 11) is 1.96. The number of amides is 1. The maximum Gasteiger partial charge on any atom is 0.315 e. The number of hydrogen-bond donors (Lipinski definition) is 1. The molecule has 3 rings (SSSR count). The minimum Gasteiger partial charge on any atom is -0.426 e. The Bertz CT molecular complexity index is 895. The number of anilines is 1. The quantitative estimate of drug-likeness (QED) is 0.592.